The van der Waals surface area contributed by atoms with Crippen molar-refractivity contribution in [2.45, 2.75) is 25.8 Å². The van der Waals surface area contributed by atoms with Gasteiger partial charge in [-0.25, -0.2) is 0 Å². The largest absolute Gasteiger partial charge is 0.496 e. The molecule has 0 aromatic heterocycles. The first-order valence-corrected chi connectivity index (χ1v) is 7.35. The summed E-state index contributed by atoms with van der Waals surface area (Å²) in [4.78, 5) is 0. The Balaban J connectivity index is 2.18. The molecule has 0 aliphatic rings. The summed E-state index contributed by atoms with van der Waals surface area (Å²) in [7, 11) is 1.68. The second-order valence-electron chi connectivity index (χ2n) is 5.01. The quantitative estimate of drug-likeness (QED) is 0.843. The van der Waals surface area contributed by atoms with Crippen LogP contribution in [-0.4, -0.2) is 13.7 Å². The van der Waals surface area contributed by atoms with Crippen molar-refractivity contribution in [3.63, 3.8) is 0 Å². The minimum Gasteiger partial charge on any atom is -0.496 e. The van der Waals surface area contributed by atoms with Gasteiger partial charge in [-0.05, 0) is 30.5 Å². The van der Waals surface area contributed by atoms with Crippen LogP contribution in [0.4, 0.5) is 0 Å². The lowest BCUT2D eigenvalue weighted by Gasteiger charge is -2.18. The maximum atomic E-state index is 6.39. The second kappa shape index (κ2) is 7.70. The van der Waals surface area contributed by atoms with Gasteiger partial charge in [-0.15, -0.1) is 0 Å². The Hall–Kier alpha value is -2.00. The summed E-state index contributed by atoms with van der Waals surface area (Å²) in [5.74, 6) is 1.75. The van der Waals surface area contributed by atoms with Crippen molar-refractivity contribution in [2.24, 2.45) is 5.73 Å². The van der Waals surface area contributed by atoms with E-state index in [1.54, 1.807) is 7.11 Å². The summed E-state index contributed by atoms with van der Waals surface area (Å²) >= 11 is 0. The van der Waals surface area contributed by atoms with Crippen molar-refractivity contribution in [1.82, 2.24) is 0 Å². The summed E-state index contributed by atoms with van der Waals surface area (Å²) in [5.41, 5.74) is 8.54. The van der Waals surface area contributed by atoms with Gasteiger partial charge in [0.1, 0.15) is 11.5 Å². The Kier molecular flexibility index (Phi) is 5.64. The van der Waals surface area contributed by atoms with Crippen molar-refractivity contribution in [3.05, 3.63) is 59.7 Å². The van der Waals surface area contributed by atoms with Gasteiger partial charge in [-0.3, -0.25) is 0 Å². The first kappa shape index (κ1) is 15.4. The topological polar surface area (TPSA) is 44.5 Å². The number of rotatable bonds is 7. The SMILES string of the molecule is CCCOc1ccccc1C(N)Cc1ccccc1OC. The Morgan fingerprint density at radius 1 is 1.00 bits per heavy atom. The Labute approximate surface area is 126 Å². The van der Waals surface area contributed by atoms with Crippen LogP contribution < -0.4 is 15.2 Å². The summed E-state index contributed by atoms with van der Waals surface area (Å²) in [6.07, 6.45) is 1.70. The van der Waals surface area contributed by atoms with E-state index in [2.05, 4.69) is 6.92 Å². The minimum absolute atomic E-state index is 0.116. The summed E-state index contributed by atoms with van der Waals surface area (Å²) in [6, 6.07) is 15.8. The van der Waals surface area contributed by atoms with E-state index in [0.29, 0.717) is 6.61 Å². The zero-order valence-corrected chi connectivity index (χ0v) is 12.7. The van der Waals surface area contributed by atoms with Crippen molar-refractivity contribution in [3.8, 4) is 11.5 Å². The molecule has 21 heavy (non-hydrogen) atoms. The van der Waals surface area contributed by atoms with Gasteiger partial charge in [-0.1, -0.05) is 43.3 Å². The second-order valence-corrected chi connectivity index (χ2v) is 5.01. The molecule has 0 aliphatic carbocycles. The number of methoxy groups -OCH3 is 1. The van der Waals surface area contributed by atoms with Crippen LogP contribution in [0.25, 0.3) is 0 Å². The molecular formula is C18H23NO2. The van der Waals surface area contributed by atoms with E-state index in [1.165, 1.54) is 0 Å². The van der Waals surface area contributed by atoms with Gasteiger partial charge >= 0.3 is 0 Å². The zero-order chi connectivity index (χ0) is 15.1. The van der Waals surface area contributed by atoms with Gasteiger partial charge in [0.25, 0.3) is 0 Å². The molecule has 0 saturated carbocycles. The highest BCUT2D eigenvalue weighted by atomic mass is 16.5. The van der Waals surface area contributed by atoms with Crippen LogP contribution in [0.15, 0.2) is 48.5 Å². The van der Waals surface area contributed by atoms with E-state index in [1.807, 2.05) is 48.5 Å². The Morgan fingerprint density at radius 3 is 2.38 bits per heavy atom. The van der Waals surface area contributed by atoms with Gasteiger partial charge in [0.2, 0.25) is 0 Å². The van der Waals surface area contributed by atoms with Crippen LogP contribution in [0.3, 0.4) is 0 Å². The van der Waals surface area contributed by atoms with Crippen LogP contribution in [-0.2, 0) is 6.42 Å². The average molecular weight is 285 g/mol. The number of hydrogen-bond donors (Lipinski definition) is 1. The highest BCUT2D eigenvalue weighted by molar-refractivity contribution is 5.39. The Bertz CT molecular complexity index is 569. The molecule has 2 aromatic carbocycles. The number of nitrogens with two attached hydrogens (primary N) is 1. The average Bonchev–Trinajstić information content (AvgIpc) is 2.53. The predicted molar refractivity (Wildman–Crippen MR) is 85.9 cm³/mol. The Morgan fingerprint density at radius 2 is 1.67 bits per heavy atom. The normalized spacial score (nSPS) is 12.0. The van der Waals surface area contributed by atoms with Gasteiger partial charge in [0, 0.05) is 11.6 Å². The summed E-state index contributed by atoms with van der Waals surface area (Å²) in [5, 5.41) is 0. The lowest BCUT2D eigenvalue weighted by Crippen LogP contribution is -2.15. The molecule has 0 heterocycles. The van der Waals surface area contributed by atoms with Crippen LogP contribution >= 0.6 is 0 Å². The standard InChI is InChI=1S/C18H23NO2/c1-3-12-21-18-11-7-5-9-15(18)16(19)13-14-8-4-6-10-17(14)20-2/h4-11,16H,3,12-13,19H2,1-2H3. The first-order valence-electron chi connectivity index (χ1n) is 7.35. The monoisotopic (exact) mass is 285 g/mol. The van der Waals surface area contributed by atoms with Crippen LogP contribution in [0.5, 0.6) is 11.5 Å². The van der Waals surface area contributed by atoms with E-state index >= 15 is 0 Å². The molecule has 112 valence electrons. The minimum atomic E-state index is -0.116. The molecule has 0 saturated heterocycles. The van der Waals surface area contributed by atoms with Gasteiger partial charge in [0.15, 0.2) is 0 Å². The van der Waals surface area contributed by atoms with E-state index in [0.717, 1.165) is 35.5 Å². The molecule has 0 amide bonds. The molecule has 2 aromatic rings. The summed E-state index contributed by atoms with van der Waals surface area (Å²) in [6.45, 7) is 2.80. The number of ether oxygens (including phenoxy) is 2. The molecular weight excluding hydrogens is 262 g/mol. The maximum absolute atomic E-state index is 6.39. The third kappa shape index (κ3) is 3.99. The van der Waals surface area contributed by atoms with Crippen molar-refractivity contribution >= 4 is 0 Å². The molecule has 0 fully saturated rings. The summed E-state index contributed by atoms with van der Waals surface area (Å²) < 4.78 is 11.2. The third-order valence-corrected chi connectivity index (χ3v) is 3.41. The predicted octanol–water partition coefficient (Wildman–Crippen LogP) is 3.73. The van der Waals surface area contributed by atoms with E-state index in [9.17, 15) is 0 Å². The lowest BCUT2D eigenvalue weighted by molar-refractivity contribution is 0.312. The van der Waals surface area contributed by atoms with E-state index < -0.39 is 0 Å². The third-order valence-electron chi connectivity index (χ3n) is 3.41. The van der Waals surface area contributed by atoms with E-state index in [4.69, 9.17) is 15.2 Å². The highest BCUT2D eigenvalue weighted by Crippen LogP contribution is 2.28. The maximum Gasteiger partial charge on any atom is 0.124 e. The molecule has 2 rings (SSSR count). The molecule has 1 unspecified atom stereocenters. The molecule has 1 atom stereocenters. The van der Waals surface area contributed by atoms with Crippen molar-refractivity contribution < 1.29 is 9.47 Å². The fraction of sp³-hybridized carbons (Fsp3) is 0.333. The zero-order valence-electron chi connectivity index (χ0n) is 12.7. The lowest BCUT2D eigenvalue weighted by atomic mass is 9.98. The van der Waals surface area contributed by atoms with Crippen LogP contribution in [0.2, 0.25) is 0 Å². The van der Waals surface area contributed by atoms with Crippen LogP contribution in [0.1, 0.15) is 30.5 Å². The molecule has 0 spiro atoms. The molecule has 0 aliphatic heterocycles. The van der Waals surface area contributed by atoms with Gasteiger partial charge in [0.05, 0.1) is 13.7 Å². The fourth-order valence-corrected chi connectivity index (χ4v) is 2.35. The fourth-order valence-electron chi connectivity index (χ4n) is 2.35. The number of hydrogen-bond acceptors (Lipinski definition) is 3. The van der Waals surface area contributed by atoms with Crippen molar-refractivity contribution in [2.75, 3.05) is 13.7 Å². The smallest absolute Gasteiger partial charge is 0.124 e. The molecule has 0 radical (unpaired) electrons. The molecule has 0 bridgehead atoms. The van der Waals surface area contributed by atoms with E-state index in [-0.39, 0.29) is 6.04 Å². The highest BCUT2D eigenvalue weighted by Gasteiger charge is 2.14. The molecule has 2 N–H and O–H groups in total. The van der Waals surface area contributed by atoms with Crippen molar-refractivity contribution in [1.29, 1.82) is 0 Å². The van der Waals surface area contributed by atoms with Gasteiger partial charge < -0.3 is 15.2 Å². The van der Waals surface area contributed by atoms with Crippen LogP contribution in [0, 0.1) is 0 Å². The number of para-hydroxylation sites is 2. The van der Waals surface area contributed by atoms with Gasteiger partial charge in [-0.2, -0.15) is 0 Å². The first-order chi connectivity index (χ1) is 10.3. The number of benzene rings is 2. The molecule has 3 heteroatoms. The molecule has 3 nitrogen and oxygen atoms in total.